The molecule has 1 aromatic rings. The second-order valence-electron chi connectivity index (χ2n) is 4.71. The van der Waals surface area contributed by atoms with Gasteiger partial charge >= 0.3 is 0 Å². The van der Waals surface area contributed by atoms with E-state index in [1.54, 1.807) is 24.3 Å². The van der Waals surface area contributed by atoms with E-state index in [0.29, 0.717) is 5.56 Å². The highest BCUT2D eigenvalue weighted by molar-refractivity contribution is 5.94. The standard InChI is InChI=1S/C14H19NO5/c1-19-14-10(7-11(17)12(8-16)20-14)15-13(18)9-5-3-2-4-6-9/h2-6,10-12,14,16-17H,7-8H2,1H3,(H,15,18). The molecule has 1 amide bonds. The smallest absolute Gasteiger partial charge is 0.251 e. The van der Waals surface area contributed by atoms with Gasteiger partial charge in [-0.2, -0.15) is 0 Å². The number of ether oxygens (including phenoxy) is 2. The van der Waals surface area contributed by atoms with E-state index >= 15 is 0 Å². The second-order valence-corrected chi connectivity index (χ2v) is 4.71. The third-order valence-electron chi connectivity index (χ3n) is 3.33. The van der Waals surface area contributed by atoms with Gasteiger partial charge in [0.15, 0.2) is 6.29 Å². The van der Waals surface area contributed by atoms with E-state index in [4.69, 9.17) is 14.6 Å². The Hall–Kier alpha value is -1.47. The van der Waals surface area contributed by atoms with E-state index in [0.717, 1.165) is 0 Å². The summed E-state index contributed by atoms with van der Waals surface area (Å²) in [5.41, 5.74) is 0.529. The van der Waals surface area contributed by atoms with Crippen molar-refractivity contribution in [2.24, 2.45) is 0 Å². The van der Waals surface area contributed by atoms with Crippen molar-refractivity contribution in [1.29, 1.82) is 0 Å². The van der Waals surface area contributed by atoms with E-state index in [2.05, 4.69) is 5.32 Å². The molecule has 0 bridgehead atoms. The van der Waals surface area contributed by atoms with Crippen LogP contribution in [0.15, 0.2) is 30.3 Å². The summed E-state index contributed by atoms with van der Waals surface area (Å²) in [6.07, 6.45) is -1.96. The average molecular weight is 281 g/mol. The van der Waals surface area contributed by atoms with Crippen molar-refractivity contribution in [1.82, 2.24) is 5.32 Å². The van der Waals surface area contributed by atoms with Gasteiger partial charge < -0.3 is 25.0 Å². The van der Waals surface area contributed by atoms with Gasteiger partial charge in [0, 0.05) is 19.1 Å². The molecular weight excluding hydrogens is 262 g/mol. The topological polar surface area (TPSA) is 88.0 Å². The molecule has 6 nitrogen and oxygen atoms in total. The minimum absolute atomic E-state index is 0.254. The van der Waals surface area contributed by atoms with E-state index in [-0.39, 0.29) is 18.9 Å². The maximum atomic E-state index is 12.1. The first kappa shape index (κ1) is 14.9. The maximum Gasteiger partial charge on any atom is 0.251 e. The molecule has 1 aliphatic heterocycles. The van der Waals surface area contributed by atoms with Crippen molar-refractivity contribution < 1.29 is 24.5 Å². The zero-order valence-electron chi connectivity index (χ0n) is 11.2. The van der Waals surface area contributed by atoms with Crippen molar-refractivity contribution in [3.63, 3.8) is 0 Å². The zero-order valence-corrected chi connectivity index (χ0v) is 11.2. The summed E-state index contributed by atoms with van der Waals surface area (Å²) in [5.74, 6) is -0.254. The number of amides is 1. The molecule has 4 atom stereocenters. The molecule has 0 spiro atoms. The lowest BCUT2D eigenvalue weighted by Crippen LogP contribution is -2.56. The summed E-state index contributed by atoms with van der Waals surface area (Å²) in [7, 11) is 1.46. The molecule has 0 saturated carbocycles. The van der Waals surface area contributed by atoms with Crippen molar-refractivity contribution in [3.05, 3.63) is 35.9 Å². The van der Waals surface area contributed by atoms with Crippen LogP contribution in [0.3, 0.4) is 0 Å². The van der Waals surface area contributed by atoms with Crippen LogP contribution in [0.25, 0.3) is 0 Å². The Balaban J connectivity index is 2.02. The second kappa shape index (κ2) is 6.81. The number of hydrogen-bond donors (Lipinski definition) is 3. The van der Waals surface area contributed by atoms with Crippen LogP contribution in [-0.4, -0.2) is 54.4 Å². The molecule has 20 heavy (non-hydrogen) atoms. The fourth-order valence-corrected chi connectivity index (χ4v) is 2.23. The molecule has 1 fully saturated rings. The summed E-state index contributed by atoms with van der Waals surface area (Å²) >= 11 is 0. The quantitative estimate of drug-likeness (QED) is 0.717. The minimum atomic E-state index is -0.840. The van der Waals surface area contributed by atoms with Crippen LogP contribution in [-0.2, 0) is 9.47 Å². The van der Waals surface area contributed by atoms with Gasteiger partial charge in [0.25, 0.3) is 5.91 Å². The number of hydrogen-bond acceptors (Lipinski definition) is 5. The first-order valence-electron chi connectivity index (χ1n) is 6.48. The third-order valence-corrected chi connectivity index (χ3v) is 3.33. The Morgan fingerprint density at radius 1 is 1.45 bits per heavy atom. The lowest BCUT2D eigenvalue weighted by Gasteiger charge is -2.38. The number of carbonyl (C=O) groups is 1. The van der Waals surface area contributed by atoms with Crippen LogP contribution < -0.4 is 5.32 Å². The highest BCUT2D eigenvalue weighted by Crippen LogP contribution is 2.21. The zero-order chi connectivity index (χ0) is 14.5. The Kier molecular flexibility index (Phi) is 5.08. The van der Waals surface area contributed by atoms with Crippen LogP contribution >= 0.6 is 0 Å². The Morgan fingerprint density at radius 3 is 2.75 bits per heavy atom. The number of carbonyl (C=O) groups excluding carboxylic acids is 1. The van der Waals surface area contributed by atoms with Gasteiger partial charge in [0.2, 0.25) is 0 Å². The van der Waals surface area contributed by atoms with Gasteiger partial charge in [0.1, 0.15) is 6.10 Å². The predicted molar refractivity (Wildman–Crippen MR) is 71.1 cm³/mol. The summed E-state index contributed by atoms with van der Waals surface area (Å²) in [4.78, 5) is 12.1. The molecule has 4 unspecified atom stereocenters. The molecule has 1 heterocycles. The van der Waals surface area contributed by atoms with Gasteiger partial charge in [-0.05, 0) is 12.1 Å². The van der Waals surface area contributed by atoms with Gasteiger partial charge in [0.05, 0.1) is 18.8 Å². The highest BCUT2D eigenvalue weighted by atomic mass is 16.7. The number of rotatable bonds is 4. The fraction of sp³-hybridized carbons (Fsp3) is 0.500. The van der Waals surface area contributed by atoms with Crippen LogP contribution in [0.2, 0.25) is 0 Å². The minimum Gasteiger partial charge on any atom is -0.394 e. The average Bonchev–Trinajstić information content (AvgIpc) is 2.48. The molecule has 1 aliphatic rings. The monoisotopic (exact) mass is 281 g/mol. The third kappa shape index (κ3) is 3.34. The molecule has 110 valence electrons. The fourth-order valence-electron chi connectivity index (χ4n) is 2.23. The van der Waals surface area contributed by atoms with Crippen LogP contribution in [0, 0.1) is 0 Å². The number of nitrogens with one attached hydrogen (secondary N) is 1. The molecule has 0 radical (unpaired) electrons. The number of methoxy groups -OCH3 is 1. The maximum absolute atomic E-state index is 12.1. The molecule has 0 aliphatic carbocycles. The van der Waals surface area contributed by atoms with Gasteiger partial charge in [-0.1, -0.05) is 18.2 Å². The van der Waals surface area contributed by atoms with Crippen molar-refractivity contribution in [2.45, 2.75) is 31.0 Å². The summed E-state index contributed by atoms with van der Waals surface area (Å²) in [6.45, 7) is -0.291. The van der Waals surface area contributed by atoms with Gasteiger partial charge in [-0.15, -0.1) is 0 Å². The van der Waals surface area contributed by atoms with Gasteiger partial charge in [-0.25, -0.2) is 0 Å². The van der Waals surface area contributed by atoms with Crippen molar-refractivity contribution in [2.75, 3.05) is 13.7 Å². The Bertz CT molecular complexity index is 438. The predicted octanol–water partition coefficient (Wildman–Crippen LogP) is -0.100. The number of aliphatic hydroxyl groups excluding tert-OH is 2. The van der Waals surface area contributed by atoms with Crippen molar-refractivity contribution >= 4 is 5.91 Å². The normalized spacial score (nSPS) is 29.9. The van der Waals surface area contributed by atoms with E-state index in [1.165, 1.54) is 7.11 Å². The molecule has 2 rings (SSSR count). The molecule has 1 saturated heterocycles. The van der Waals surface area contributed by atoms with E-state index in [1.807, 2.05) is 6.07 Å². The molecular formula is C14H19NO5. The largest absolute Gasteiger partial charge is 0.394 e. The first-order chi connectivity index (χ1) is 9.65. The molecule has 3 N–H and O–H groups in total. The number of benzene rings is 1. The van der Waals surface area contributed by atoms with Crippen LogP contribution in [0.1, 0.15) is 16.8 Å². The lowest BCUT2D eigenvalue weighted by molar-refractivity contribution is -0.230. The van der Waals surface area contributed by atoms with Crippen LogP contribution in [0.5, 0.6) is 0 Å². The summed E-state index contributed by atoms with van der Waals surface area (Å²) < 4.78 is 10.6. The van der Waals surface area contributed by atoms with Crippen LogP contribution in [0.4, 0.5) is 0 Å². The summed E-state index contributed by atoms with van der Waals surface area (Å²) in [6, 6.07) is 8.31. The molecule has 1 aromatic carbocycles. The Labute approximate surface area is 117 Å². The highest BCUT2D eigenvalue weighted by Gasteiger charge is 2.37. The molecule has 6 heteroatoms. The van der Waals surface area contributed by atoms with Crippen molar-refractivity contribution in [3.8, 4) is 0 Å². The lowest BCUT2D eigenvalue weighted by atomic mass is 10.0. The van der Waals surface area contributed by atoms with E-state index < -0.39 is 24.5 Å². The SMILES string of the molecule is COC1OC(CO)C(O)CC1NC(=O)c1ccccc1. The summed E-state index contributed by atoms with van der Waals surface area (Å²) in [5, 5.41) is 21.7. The number of aliphatic hydroxyl groups is 2. The molecule has 0 aromatic heterocycles. The first-order valence-corrected chi connectivity index (χ1v) is 6.48. The van der Waals surface area contributed by atoms with E-state index in [9.17, 15) is 9.90 Å². The van der Waals surface area contributed by atoms with Gasteiger partial charge in [-0.3, -0.25) is 4.79 Å². The Morgan fingerprint density at radius 2 is 2.15 bits per heavy atom.